The molecular formula is C9H15NO. The molecular weight excluding hydrogens is 138 g/mol. The van der Waals surface area contributed by atoms with Crippen LogP contribution < -0.4 is 0 Å². The van der Waals surface area contributed by atoms with Gasteiger partial charge < -0.3 is 4.84 Å². The van der Waals surface area contributed by atoms with Crippen molar-refractivity contribution in [2.75, 3.05) is 13.1 Å². The van der Waals surface area contributed by atoms with Crippen LogP contribution in [-0.2, 0) is 4.84 Å². The summed E-state index contributed by atoms with van der Waals surface area (Å²) in [5.41, 5.74) is 0. The molecule has 0 aromatic rings. The summed E-state index contributed by atoms with van der Waals surface area (Å²) in [6.45, 7) is 4.14. The molecule has 1 saturated carbocycles. The van der Waals surface area contributed by atoms with E-state index in [4.69, 9.17) is 4.84 Å². The van der Waals surface area contributed by atoms with Gasteiger partial charge in [0.15, 0.2) is 0 Å². The molecule has 0 aromatic carbocycles. The van der Waals surface area contributed by atoms with Gasteiger partial charge in [-0.15, -0.1) is 5.06 Å². The van der Waals surface area contributed by atoms with E-state index in [0.29, 0.717) is 0 Å². The van der Waals surface area contributed by atoms with Crippen molar-refractivity contribution in [2.45, 2.75) is 26.2 Å². The number of hydrogen-bond acceptors (Lipinski definition) is 2. The Kier molecular flexibility index (Phi) is 1.86. The van der Waals surface area contributed by atoms with Crippen LogP contribution in [0, 0.1) is 5.92 Å². The zero-order valence-corrected chi connectivity index (χ0v) is 7.05. The smallest absolute Gasteiger partial charge is 0.118 e. The van der Waals surface area contributed by atoms with Gasteiger partial charge in [-0.2, -0.15) is 0 Å². The zero-order chi connectivity index (χ0) is 7.68. The highest BCUT2D eigenvalue weighted by Gasteiger charge is 2.22. The lowest BCUT2D eigenvalue weighted by Gasteiger charge is -2.29. The van der Waals surface area contributed by atoms with Crippen LogP contribution in [0.15, 0.2) is 11.8 Å². The van der Waals surface area contributed by atoms with Crippen molar-refractivity contribution in [1.82, 2.24) is 5.06 Å². The molecule has 0 bridgehead atoms. The van der Waals surface area contributed by atoms with Gasteiger partial charge in [-0.05, 0) is 31.8 Å². The number of allylic oxidation sites excluding steroid dienone is 1. The molecule has 2 aliphatic rings. The van der Waals surface area contributed by atoms with Gasteiger partial charge in [0.25, 0.3) is 0 Å². The minimum absolute atomic E-state index is 0.911. The highest BCUT2D eigenvalue weighted by atomic mass is 16.7. The molecule has 11 heavy (non-hydrogen) atoms. The molecule has 0 unspecified atom stereocenters. The Bertz CT molecular complexity index is 172. The van der Waals surface area contributed by atoms with Gasteiger partial charge in [-0.1, -0.05) is 6.42 Å². The van der Waals surface area contributed by atoms with Crippen LogP contribution in [0.1, 0.15) is 26.2 Å². The second kappa shape index (κ2) is 2.86. The Balaban J connectivity index is 1.72. The van der Waals surface area contributed by atoms with E-state index in [9.17, 15) is 0 Å². The van der Waals surface area contributed by atoms with Crippen LogP contribution >= 0.6 is 0 Å². The van der Waals surface area contributed by atoms with Crippen molar-refractivity contribution in [3.63, 3.8) is 0 Å². The molecule has 2 heteroatoms. The normalized spacial score (nSPS) is 26.1. The van der Waals surface area contributed by atoms with Gasteiger partial charge in [0.2, 0.25) is 0 Å². The average Bonchev–Trinajstić information content (AvgIpc) is 2.27. The molecule has 0 saturated heterocycles. The summed E-state index contributed by atoms with van der Waals surface area (Å²) in [5.74, 6) is 1.97. The Labute approximate surface area is 67.8 Å². The van der Waals surface area contributed by atoms with Crippen LogP contribution in [0.3, 0.4) is 0 Å². The summed E-state index contributed by atoms with van der Waals surface area (Å²) >= 11 is 0. The molecule has 62 valence electrons. The first-order valence-electron chi connectivity index (χ1n) is 4.44. The predicted octanol–water partition coefficient (Wildman–Crippen LogP) is 1.94. The third kappa shape index (κ3) is 1.56. The summed E-state index contributed by atoms with van der Waals surface area (Å²) in [6, 6.07) is 0. The van der Waals surface area contributed by atoms with Gasteiger partial charge in [0, 0.05) is 6.54 Å². The highest BCUT2D eigenvalue weighted by Crippen LogP contribution is 2.28. The number of rotatable bonds is 2. The lowest BCUT2D eigenvalue weighted by atomic mass is 9.85. The summed E-state index contributed by atoms with van der Waals surface area (Å²) in [4.78, 5) is 5.46. The quantitative estimate of drug-likeness (QED) is 0.601. The van der Waals surface area contributed by atoms with Crippen molar-refractivity contribution in [3.05, 3.63) is 11.8 Å². The van der Waals surface area contributed by atoms with Crippen molar-refractivity contribution in [3.8, 4) is 0 Å². The molecule has 1 aliphatic carbocycles. The number of hydroxylamine groups is 2. The van der Waals surface area contributed by atoms with E-state index in [2.05, 4.69) is 11.1 Å². The zero-order valence-electron chi connectivity index (χ0n) is 7.05. The third-order valence-electron chi connectivity index (χ3n) is 2.54. The summed E-state index contributed by atoms with van der Waals surface area (Å²) < 4.78 is 0. The Morgan fingerprint density at radius 3 is 2.91 bits per heavy atom. The highest BCUT2D eigenvalue weighted by molar-refractivity contribution is 4.94. The largest absolute Gasteiger partial charge is 0.411 e. The molecule has 1 fully saturated rings. The van der Waals surface area contributed by atoms with E-state index in [0.717, 1.165) is 24.8 Å². The maximum atomic E-state index is 5.46. The second-order valence-electron chi connectivity index (χ2n) is 3.55. The van der Waals surface area contributed by atoms with Crippen LogP contribution in [0.4, 0.5) is 0 Å². The molecule has 0 atom stereocenters. The predicted molar refractivity (Wildman–Crippen MR) is 43.8 cm³/mol. The Hall–Kier alpha value is -0.500. The fraction of sp³-hybridized carbons (Fsp3) is 0.778. The number of hydrogen-bond donors (Lipinski definition) is 0. The molecule has 2 nitrogen and oxygen atoms in total. The van der Waals surface area contributed by atoms with Gasteiger partial charge in [0.1, 0.15) is 5.76 Å². The molecule has 0 aromatic heterocycles. The van der Waals surface area contributed by atoms with Crippen LogP contribution in [0.2, 0.25) is 0 Å². The fourth-order valence-electron chi connectivity index (χ4n) is 1.58. The number of nitrogens with zero attached hydrogens (tertiary/aromatic N) is 1. The lowest BCUT2D eigenvalue weighted by Crippen LogP contribution is -2.29. The first kappa shape index (κ1) is 7.17. The molecule has 2 rings (SSSR count). The topological polar surface area (TPSA) is 12.5 Å². The third-order valence-corrected chi connectivity index (χ3v) is 2.54. The van der Waals surface area contributed by atoms with Crippen LogP contribution in [0.25, 0.3) is 0 Å². The van der Waals surface area contributed by atoms with Crippen molar-refractivity contribution >= 4 is 0 Å². The first-order valence-corrected chi connectivity index (χ1v) is 4.44. The van der Waals surface area contributed by atoms with Crippen LogP contribution in [0.5, 0.6) is 0 Å². The summed E-state index contributed by atoms with van der Waals surface area (Å²) in [7, 11) is 0. The van der Waals surface area contributed by atoms with Crippen molar-refractivity contribution < 1.29 is 4.84 Å². The van der Waals surface area contributed by atoms with E-state index in [1.54, 1.807) is 0 Å². The van der Waals surface area contributed by atoms with Gasteiger partial charge in [0.05, 0.1) is 6.54 Å². The SMILES string of the molecule is CC1=CCN(CC2CCC2)O1. The molecule has 1 heterocycles. The molecule has 1 aliphatic heterocycles. The van der Waals surface area contributed by atoms with E-state index in [-0.39, 0.29) is 0 Å². The molecule has 0 amide bonds. The molecule has 0 radical (unpaired) electrons. The minimum atomic E-state index is 0.911. The molecule has 0 spiro atoms. The minimum Gasteiger partial charge on any atom is -0.411 e. The maximum absolute atomic E-state index is 5.46. The van der Waals surface area contributed by atoms with Crippen molar-refractivity contribution in [2.24, 2.45) is 5.92 Å². The van der Waals surface area contributed by atoms with Gasteiger partial charge in [-0.3, -0.25) is 0 Å². The Morgan fingerprint density at radius 1 is 1.64 bits per heavy atom. The van der Waals surface area contributed by atoms with Gasteiger partial charge >= 0.3 is 0 Å². The van der Waals surface area contributed by atoms with Crippen molar-refractivity contribution in [1.29, 1.82) is 0 Å². The maximum Gasteiger partial charge on any atom is 0.118 e. The Morgan fingerprint density at radius 2 is 2.45 bits per heavy atom. The van der Waals surface area contributed by atoms with E-state index in [1.807, 2.05) is 6.92 Å². The summed E-state index contributed by atoms with van der Waals surface area (Å²) in [6.07, 6.45) is 6.36. The van der Waals surface area contributed by atoms with E-state index >= 15 is 0 Å². The lowest BCUT2D eigenvalue weighted by molar-refractivity contribution is -0.106. The standard InChI is InChI=1S/C9H15NO/c1-8-5-6-10(11-8)7-9-3-2-4-9/h5,9H,2-4,6-7H2,1H3. The van der Waals surface area contributed by atoms with E-state index in [1.165, 1.54) is 19.3 Å². The monoisotopic (exact) mass is 153 g/mol. The van der Waals surface area contributed by atoms with Gasteiger partial charge in [-0.25, -0.2) is 0 Å². The second-order valence-corrected chi connectivity index (χ2v) is 3.55. The molecule has 0 N–H and O–H groups in total. The fourth-order valence-corrected chi connectivity index (χ4v) is 1.58. The summed E-state index contributed by atoms with van der Waals surface area (Å²) in [5, 5.41) is 2.07. The average molecular weight is 153 g/mol. The first-order chi connectivity index (χ1) is 5.34. The van der Waals surface area contributed by atoms with Crippen LogP contribution in [-0.4, -0.2) is 18.2 Å². The van der Waals surface area contributed by atoms with E-state index < -0.39 is 0 Å².